The molecule has 0 unspecified atom stereocenters. The first-order chi connectivity index (χ1) is 14.9. The van der Waals surface area contributed by atoms with Gasteiger partial charge in [0.15, 0.2) is 0 Å². The van der Waals surface area contributed by atoms with Crippen LogP contribution in [0.25, 0.3) is 11.1 Å². The van der Waals surface area contributed by atoms with E-state index in [0.717, 1.165) is 22.3 Å². The number of aliphatic carboxylic acids is 1. The van der Waals surface area contributed by atoms with Gasteiger partial charge in [-0.25, -0.2) is 4.79 Å². The Balaban J connectivity index is 1.55. The second-order valence-corrected chi connectivity index (χ2v) is 7.31. The molecule has 0 aliphatic heterocycles. The lowest BCUT2D eigenvalue weighted by molar-refractivity contribution is -0.142. The molecule has 2 aromatic carbocycles. The van der Waals surface area contributed by atoms with Crippen LogP contribution in [-0.2, 0) is 14.3 Å². The minimum Gasteiger partial charge on any atom is -0.480 e. The van der Waals surface area contributed by atoms with Crippen LogP contribution in [0.5, 0.6) is 0 Å². The maximum Gasteiger partial charge on any atom is 0.407 e. The fourth-order valence-electron chi connectivity index (χ4n) is 3.76. The van der Waals surface area contributed by atoms with Crippen LogP contribution in [0.4, 0.5) is 4.79 Å². The van der Waals surface area contributed by atoms with Gasteiger partial charge >= 0.3 is 12.1 Å². The fraction of sp³-hybridized carbons (Fsp3) is 0.292. The Bertz CT molecular complexity index is 969. The Morgan fingerprint density at radius 3 is 2.19 bits per heavy atom. The second-order valence-electron chi connectivity index (χ2n) is 7.31. The summed E-state index contributed by atoms with van der Waals surface area (Å²) in [6, 6.07) is 16.2. The van der Waals surface area contributed by atoms with Gasteiger partial charge in [0.1, 0.15) is 13.2 Å². The lowest BCUT2D eigenvalue weighted by Gasteiger charge is -2.18. The summed E-state index contributed by atoms with van der Waals surface area (Å²) >= 11 is 0. The number of hydrogen-bond acceptors (Lipinski definition) is 4. The lowest BCUT2D eigenvalue weighted by atomic mass is 9.98. The number of fused-ring (bicyclic) bond motifs is 3. The minimum absolute atomic E-state index is 0.0221. The molecule has 0 saturated carbocycles. The van der Waals surface area contributed by atoms with E-state index in [9.17, 15) is 14.4 Å². The summed E-state index contributed by atoms with van der Waals surface area (Å²) in [7, 11) is 0. The molecule has 31 heavy (non-hydrogen) atoms. The first-order valence-electron chi connectivity index (χ1n) is 10.2. The average Bonchev–Trinajstić information content (AvgIpc) is 3.09. The third-order valence-corrected chi connectivity index (χ3v) is 5.33. The molecule has 2 amide bonds. The van der Waals surface area contributed by atoms with Gasteiger partial charge in [-0.1, -0.05) is 54.6 Å². The standard InChI is InChI=1S/C24H26N2O5/c1-3-26(14-22(27)28)23(29)16(2)12-13-25-24(30)31-15-21-19-10-6-4-8-17(19)18-9-5-7-11-20(18)21/h4-12,21H,3,13-15H2,1-2H3,(H,25,30)(H,27,28)/b16-12+. The first kappa shape index (κ1) is 22.1. The first-order valence-corrected chi connectivity index (χ1v) is 10.2. The number of nitrogens with one attached hydrogen (secondary N) is 1. The number of carboxylic acid groups (broad SMARTS) is 1. The third-order valence-electron chi connectivity index (χ3n) is 5.33. The van der Waals surface area contributed by atoms with E-state index in [1.807, 2.05) is 24.3 Å². The lowest BCUT2D eigenvalue weighted by Crippen LogP contribution is -2.36. The summed E-state index contributed by atoms with van der Waals surface area (Å²) in [5, 5.41) is 11.5. The van der Waals surface area contributed by atoms with Crippen molar-refractivity contribution in [2.24, 2.45) is 0 Å². The van der Waals surface area contributed by atoms with E-state index in [4.69, 9.17) is 9.84 Å². The summed E-state index contributed by atoms with van der Waals surface area (Å²) in [4.78, 5) is 36.5. The van der Waals surface area contributed by atoms with E-state index in [1.54, 1.807) is 19.9 Å². The van der Waals surface area contributed by atoms with Crippen molar-refractivity contribution in [3.05, 3.63) is 71.3 Å². The third kappa shape index (κ3) is 5.12. The summed E-state index contributed by atoms with van der Waals surface area (Å²) < 4.78 is 5.45. The number of carbonyl (C=O) groups excluding carboxylic acids is 2. The normalized spacial score (nSPS) is 12.6. The number of hydrogen-bond donors (Lipinski definition) is 2. The van der Waals surface area contributed by atoms with E-state index in [2.05, 4.69) is 29.6 Å². The van der Waals surface area contributed by atoms with Crippen molar-refractivity contribution in [3.8, 4) is 11.1 Å². The average molecular weight is 422 g/mol. The summed E-state index contributed by atoms with van der Waals surface area (Å²) in [5.41, 5.74) is 4.95. The second kappa shape index (κ2) is 9.93. The number of alkyl carbamates (subject to hydrolysis) is 1. The van der Waals surface area contributed by atoms with Gasteiger partial charge in [-0.2, -0.15) is 0 Å². The molecule has 2 N–H and O–H groups in total. The van der Waals surface area contributed by atoms with Crippen LogP contribution < -0.4 is 5.32 Å². The summed E-state index contributed by atoms with van der Waals surface area (Å²) in [6.45, 7) is 3.55. The molecule has 7 nitrogen and oxygen atoms in total. The predicted octanol–water partition coefficient (Wildman–Crippen LogP) is 3.40. The highest BCUT2D eigenvalue weighted by Gasteiger charge is 2.28. The monoisotopic (exact) mass is 422 g/mol. The number of rotatable bonds is 8. The number of benzene rings is 2. The number of carboxylic acids is 1. The SMILES string of the molecule is CCN(CC(=O)O)C(=O)/C(C)=C/CNC(=O)OCC1c2ccccc2-c2ccccc21. The van der Waals surface area contributed by atoms with Gasteiger partial charge in [-0.3, -0.25) is 9.59 Å². The molecule has 2 aromatic rings. The molecule has 3 rings (SSSR count). The van der Waals surface area contributed by atoms with Gasteiger partial charge in [-0.15, -0.1) is 0 Å². The molecule has 0 heterocycles. The van der Waals surface area contributed by atoms with Crippen LogP contribution in [0, 0.1) is 0 Å². The molecule has 162 valence electrons. The molecule has 0 spiro atoms. The van der Waals surface area contributed by atoms with E-state index in [1.165, 1.54) is 4.90 Å². The predicted molar refractivity (Wildman–Crippen MR) is 117 cm³/mol. The Hall–Kier alpha value is -3.61. The van der Waals surface area contributed by atoms with Gasteiger partial charge < -0.3 is 20.1 Å². The highest BCUT2D eigenvalue weighted by Crippen LogP contribution is 2.44. The number of ether oxygens (including phenoxy) is 1. The number of amides is 2. The van der Waals surface area contributed by atoms with Gasteiger partial charge in [0.2, 0.25) is 5.91 Å². The molecular formula is C24H26N2O5. The van der Waals surface area contributed by atoms with Crippen molar-refractivity contribution in [2.75, 3.05) is 26.2 Å². The van der Waals surface area contributed by atoms with Crippen LogP contribution in [0.1, 0.15) is 30.9 Å². The van der Waals surface area contributed by atoms with E-state index >= 15 is 0 Å². The quantitative estimate of drug-likeness (QED) is 0.636. The van der Waals surface area contributed by atoms with Crippen molar-refractivity contribution in [3.63, 3.8) is 0 Å². The largest absolute Gasteiger partial charge is 0.480 e. The van der Waals surface area contributed by atoms with Crippen molar-refractivity contribution in [1.29, 1.82) is 0 Å². The molecule has 7 heteroatoms. The molecule has 0 aromatic heterocycles. The van der Waals surface area contributed by atoms with E-state index in [0.29, 0.717) is 5.57 Å². The molecular weight excluding hydrogens is 396 g/mol. The van der Waals surface area contributed by atoms with Gasteiger partial charge in [0.25, 0.3) is 0 Å². The zero-order valence-electron chi connectivity index (χ0n) is 17.6. The van der Waals surface area contributed by atoms with Gasteiger partial charge in [-0.05, 0) is 36.1 Å². The number of likely N-dealkylation sites (N-methyl/N-ethyl adjacent to an activating group) is 1. The highest BCUT2D eigenvalue weighted by atomic mass is 16.5. The smallest absolute Gasteiger partial charge is 0.407 e. The minimum atomic E-state index is -1.07. The topological polar surface area (TPSA) is 95.9 Å². The van der Waals surface area contributed by atoms with Crippen molar-refractivity contribution in [2.45, 2.75) is 19.8 Å². The Labute approximate surface area is 181 Å². The van der Waals surface area contributed by atoms with E-state index in [-0.39, 0.29) is 38.1 Å². The summed E-state index contributed by atoms with van der Waals surface area (Å²) in [6.07, 6.45) is 0.977. The Morgan fingerprint density at radius 2 is 1.65 bits per heavy atom. The molecule has 1 aliphatic rings. The zero-order chi connectivity index (χ0) is 22.4. The molecule has 0 bridgehead atoms. The van der Waals surface area contributed by atoms with Crippen LogP contribution in [0.15, 0.2) is 60.2 Å². The van der Waals surface area contributed by atoms with E-state index < -0.39 is 12.1 Å². The zero-order valence-corrected chi connectivity index (χ0v) is 17.6. The van der Waals surface area contributed by atoms with Crippen LogP contribution >= 0.6 is 0 Å². The Morgan fingerprint density at radius 1 is 1.06 bits per heavy atom. The van der Waals surface area contributed by atoms with Crippen LogP contribution in [0.3, 0.4) is 0 Å². The maximum atomic E-state index is 12.3. The molecule has 0 atom stereocenters. The highest BCUT2D eigenvalue weighted by molar-refractivity contribution is 5.94. The molecule has 1 aliphatic carbocycles. The summed E-state index contributed by atoms with van der Waals surface area (Å²) in [5.74, 6) is -1.47. The molecule has 0 fully saturated rings. The number of nitrogens with zero attached hydrogens (tertiary/aromatic N) is 1. The van der Waals surface area contributed by atoms with Crippen LogP contribution in [0.2, 0.25) is 0 Å². The number of carbonyl (C=O) groups is 3. The molecule has 0 radical (unpaired) electrons. The van der Waals surface area contributed by atoms with Crippen molar-refractivity contribution in [1.82, 2.24) is 10.2 Å². The maximum absolute atomic E-state index is 12.3. The van der Waals surface area contributed by atoms with Crippen molar-refractivity contribution >= 4 is 18.0 Å². The fourth-order valence-corrected chi connectivity index (χ4v) is 3.76. The van der Waals surface area contributed by atoms with Crippen LogP contribution in [-0.4, -0.2) is 54.2 Å². The van der Waals surface area contributed by atoms with Crippen molar-refractivity contribution < 1.29 is 24.2 Å². The Kier molecular flexibility index (Phi) is 7.07. The van der Waals surface area contributed by atoms with Gasteiger partial charge in [0.05, 0.1) is 0 Å². The molecule has 0 saturated heterocycles. The van der Waals surface area contributed by atoms with Gasteiger partial charge in [0, 0.05) is 24.6 Å².